The van der Waals surface area contributed by atoms with Crippen LogP contribution in [0.25, 0.3) is 0 Å². The summed E-state index contributed by atoms with van der Waals surface area (Å²) in [6.07, 6.45) is 2.80. The van der Waals surface area contributed by atoms with Gasteiger partial charge in [-0.2, -0.15) is 5.26 Å². The van der Waals surface area contributed by atoms with E-state index in [-0.39, 0.29) is 0 Å². The first kappa shape index (κ1) is 11.4. The molecule has 3 heteroatoms. The Hall–Kier alpha value is -0.620. The normalized spacial score (nSPS) is 11.8. The van der Waals surface area contributed by atoms with E-state index in [2.05, 4.69) is 25.2 Å². The number of hydrogen-bond donors (Lipinski definition) is 1. The van der Waals surface area contributed by atoms with Crippen molar-refractivity contribution in [1.29, 1.82) is 5.26 Å². The van der Waals surface area contributed by atoms with Gasteiger partial charge < -0.3 is 5.32 Å². The van der Waals surface area contributed by atoms with Gasteiger partial charge in [0.1, 0.15) is 0 Å². The van der Waals surface area contributed by atoms with Crippen molar-refractivity contribution in [2.45, 2.75) is 33.1 Å². The second-order valence-corrected chi connectivity index (χ2v) is 3.33. The van der Waals surface area contributed by atoms with E-state index < -0.39 is 0 Å². The first-order valence-electron chi connectivity index (χ1n) is 4.37. The molecule has 0 saturated carbocycles. The summed E-state index contributed by atoms with van der Waals surface area (Å²) in [6.45, 7) is 4.95. The Kier molecular flexibility index (Phi) is 6.69. The molecule has 0 radical (unpaired) electrons. The predicted molar refractivity (Wildman–Crippen MR) is 54.9 cm³/mol. The van der Waals surface area contributed by atoms with Crippen molar-refractivity contribution in [1.82, 2.24) is 5.32 Å². The molecule has 2 nitrogen and oxygen atoms in total. The van der Waals surface area contributed by atoms with E-state index in [1.807, 2.05) is 0 Å². The van der Waals surface area contributed by atoms with Gasteiger partial charge in [0, 0.05) is 12.5 Å². The molecule has 0 spiro atoms. The number of thiocarbonyl (C=S) groups is 1. The lowest BCUT2D eigenvalue weighted by atomic mass is 10.1. The second kappa shape index (κ2) is 7.05. The van der Waals surface area contributed by atoms with Gasteiger partial charge in [0.05, 0.1) is 17.5 Å². The van der Waals surface area contributed by atoms with Gasteiger partial charge in [-0.1, -0.05) is 32.5 Å². The molecule has 0 heterocycles. The fourth-order valence-corrected chi connectivity index (χ4v) is 1.20. The maximum Gasteiger partial charge on any atom is 0.0782 e. The highest BCUT2D eigenvalue weighted by Crippen LogP contribution is 2.05. The summed E-state index contributed by atoms with van der Waals surface area (Å²) >= 11 is 5.13. The van der Waals surface area contributed by atoms with Gasteiger partial charge in [-0.15, -0.1) is 0 Å². The van der Waals surface area contributed by atoms with Crippen LogP contribution in [0.3, 0.4) is 0 Å². The third kappa shape index (κ3) is 5.09. The summed E-state index contributed by atoms with van der Waals surface area (Å²) in [5.74, 6) is 0.448. The van der Waals surface area contributed by atoms with E-state index in [4.69, 9.17) is 17.5 Å². The van der Waals surface area contributed by atoms with E-state index >= 15 is 0 Å². The van der Waals surface area contributed by atoms with Crippen LogP contribution in [-0.2, 0) is 0 Å². The largest absolute Gasteiger partial charge is 0.378 e. The Labute approximate surface area is 80.0 Å². The van der Waals surface area contributed by atoms with Crippen LogP contribution in [0, 0.1) is 17.2 Å². The molecule has 0 saturated heterocycles. The highest BCUT2D eigenvalue weighted by Gasteiger charge is 2.05. The van der Waals surface area contributed by atoms with Crippen LogP contribution in [0.15, 0.2) is 0 Å². The SMILES string of the molecule is CCCC(C)C(=S)NCCC#N. The molecule has 12 heavy (non-hydrogen) atoms. The van der Waals surface area contributed by atoms with E-state index in [0.29, 0.717) is 18.9 Å². The predicted octanol–water partition coefficient (Wildman–Crippen LogP) is 2.25. The fraction of sp³-hybridized carbons (Fsp3) is 0.778. The molecule has 0 aliphatic carbocycles. The molecule has 1 unspecified atom stereocenters. The molecular formula is C9H16N2S. The average molecular weight is 184 g/mol. The zero-order chi connectivity index (χ0) is 9.40. The molecule has 1 N–H and O–H groups in total. The first-order valence-corrected chi connectivity index (χ1v) is 4.77. The molecule has 0 amide bonds. The van der Waals surface area contributed by atoms with Crippen molar-refractivity contribution in [2.75, 3.05) is 6.54 Å². The molecule has 0 aliphatic rings. The summed E-state index contributed by atoms with van der Waals surface area (Å²) in [5, 5.41) is 11.4. The van der Waals surface area contributed by atoms with Crippen molar-refractivity contribution < 1.29 is 0 Å². The third-order valence-electron chi connectivity index (χ3n) is 1.71. The molecule has 0 aromatic heterocycles. The highest BCUT2D eigenvalue weighted by molar-refractivity contribution is 7.80. The van der Waals surface area contributed by atoms with Crippen LogP contribution in [-0.4, -0.2) is 11.5 Å². The Morgan fingerprint density at radius 3 is 2.83 bits per heavy atom. The van der Waals surface area contributed by atoms with Crippen LogP contribution in [0.2, 0.25) is 0 Å². The minimum atomic E-state index is 0.448. The van der Waals surface area contributed by atoms with E-state index in [9.17, 15) is 0 Å². The number of rotatable bonds is 5. The minimum Gasteiger partial charge on any atom is -0.378 e. The number of hydrogen-bond acceptors (Lipinski definition) is 2. The summed E-state index contributed by atoms with van der Waals surface area (Å²) in [7, 11) is 0. The molecule has 0 fully saturated rings. The number of nitrogens with one attached hydrogen (secondary N) is 1. The van der Waals surface area contributed by atoms with Crippen molar-refractivity contribution in [3.63, 3.8) is 0 Å². The Morgan fingerprint density at radius 2 is 2.33 bits per heavy atom. The number of nitriles is 1. The topological polar surface area (TPSA) is 35.8 Å². The minimum absolute atomic E-state index is 0.448. The Balaban J connectivity index is 3.51. The van der Waals surface area contributed by atoms with Crippen LogP contribution >= 0.6 is 12.2 Å². The first-order chi connectivity index (χ1) is 5.72. The Morgan fingerprint density at radius 1 is 1.67 bits per heavy atom. The van der Waals surface area contributed by atoms with Gasteiger partial charge in [0.15, 0.2) is 0 Å². The molecule has 0 aromatic rings. The van der Waals surface area contributed by atoms with E-state index in [0.717, 1.165) is 17.8 Å². The zero-order valence-electron chi connectivity index (χ0n) is 7.76. The smallest absolute Gasteiger partial charge is 0.0782 e. The molecule has 0 aliphatic heterocycles. The van der Waals surface area contributed by atoms with Gasteiger partial charge in [-0.05, 0) is 6.42 Å². The summed E-state index contributed by atoms with van der Waals surface area (Å²) < 4.78 is 0. The average Bonchev–Trinajstić information content (AvgIpc) is 2.05. The third-order valence-corrected chi connectivity index (χ3v) is 2.25. The number of nitrogens with zero attached hydrogens (tertiary/aromatic N) is 1. The second-order valence-electron chi connectivity index (χ2n) is 2.89. The maximum atomic E-state index is 8.29. The maximum absolute atomic E-state index is 8.29. The molecule has 0 aromatic carbocycles. The van der Waals surface area contributed by atoms with Crippen molar-refractivity contribution in [3.05, 3.63) is 0 Å². The quantitative estimate of drug-likeness (QED) is 0.526. The molecule has 68 valence electrons. The summed E-state index contributed by atoms with van der Waals surface area (Å²) in [4.78, 5) is 0.895. The van der Waals surface area contributed by atoms with Crippen molar-refractivity contribution in [3.8, 4) is 6.07 Å². The lowest BCUT2D eigenvalue weighted by molar-refractivity contribution is 0.652. The van der Waals surface area contributed by atoms with Crippen molar-refractivity contribution in [2.24, 2.45) is 5.92 Å². The molecule has 0 bridgehead atoms. The van der Waals surface area contributed by atoms with Gasteiger partial charge >= 0.3 is 0 Å². The van der Waals surface area contributed by atoms with E-state index in [1.165, 1.54) is 0 Å². The van der Waals surface area contributed by atoms with Crippen LogP contribution in [0.4, 0.5) is 0 Å². The standard InChI is InChI=1S/C9H16N2S/c1-3-5-8(2)9(12)11-7-4-6-10/h8H,3-5,7H2,1-2H3,(H,11,12). The van der Waals surface area contributed by atoms with Crippen LogP contribution in [0.5, 0.6) is 0 Å². The fourth-order valence-electron chi connectivity index (χ4n) is 0.980. The lowest BCUT2D eigenvalue weighted by Gasteiger charge is -2.12. The zero-order valence-corrected chi connectivity index (χ0v) is 8.58. The monoisotopic (exact) mass is 184 g/mol. The van der Waals surface area contributed by atoms with Gasteiger partial charge in [0.25, 0.3) is 0 Å². The van der Waals surface area contributed by atoms with Gasteiger partial charge in [0.2, 0.25) is 0 Å². The van der Waals surface area contributed by atoms with E-state index in [1.54, 1.807) is 0 Å². The van der Waals surface area contributed by atoms with Crippen LogP contribution < -0.4 is 5.32 Å². The highest BCUT2D eigenvalue weighted by atomic mass is 32.1. The molecular weight excluding hydrogens is 168 g/mol. The molecule has 1 atom stereocenters. The summed E-state index contributed by atoms with van der Waals surface area (Å²) in [6, 6.07) is 2.07. The Bertz CT molecular complexity index is 172. The molecule has 0 rings (SSSR count). The summed E-state index contributed by atoms with van der Waals surface area (Å²) in [5.41, 5.74) is 0. The van der Waals surface area contributed by atoms with Crippen molar-refractivity contribution >= 4 is 17.2 Å². The lowest BCUT2D eigenvalue weighted by Crippen LogP contribution is -2.27. The van der Waals surface area contributed by atoms with Crippen LogP contribution in [0.1, 0.15) is 33.1 Å². The van der Waals surface area contributed by atoms with Gasteiger partial charge in [-0.3, -0.25) is 0 Å². The van der Waals surface area contributed by atoms with Gasteiger partial charge in [-0.25, -0.2) is 0 Å².